The van der Waals surface area contributed by atoms with Gasteiger partial charge in [-0.1, -0.05) is 22.0 Å². The van der Waals surface area contributed by atoms with Crippen LogP contribution in [0.15, 0.2) is 27.7 Å². The van der Waals surface area contributed by atoms with Crippen molar-refractivity contribution in [2.45, 2.75) is 39.7 Å². The molecule has 21 heavy (non-hydrogen) atoms. The molecular formula is C16H21BrN2O2. The Kier molecular flexibility index (Phi) is 4.71. The molecular weight excluding hydrogens is 332 g/mol. The summed E-state index contributed by atoms with van der Waals surface area (Å²) in [7, 11) is 0. The van der Waals surface area contributed by atoms with Crippen molar-refractivity contribution >= 4 is 27.9 Å². The van der Waals surface area contributed by atoms with Gasteiger partial charge < -0.3 is 4.74 Å². The Labute approximate surface area is 134 Å². The molecule has 0 radical (unpaired) electrons. The lowest BCUT2D eigenvalue weighted by molar-refractivity contribution is 0.0364. The minimum absolute atomic E-state index is 0.332. The fourth-order valence-electron chi connectivity index (χ4n) is 2.13. The first kappa shape index (κ1) is 16.0. The number of amidine groups is 1. The van der Waals surface area contributed by atoms with Crippen LogP contribution in [-0.2, 0) is 4.74 Å². The van der Waals surface area contributed by atoms with Gasteiger partial charge in [0.2, 0.25) is 0 Å². The van der Waals surface area contributed by atoms with Crippen LogP contribution in [0.5, 0.6) is 0 Å². The lowest BCUT2D eigenvalue weighted by atomic mass is 10.1. The Bertz CT molecular complexity index is 576. The molecule has 1 aliphatic heterocycles. The zero-order chi connectivity index (χ0) is 15.6. The van der Waals surface area contributed by atoms with Gasteiger partial charge in [-0.25, -0.2) is 4.79 Å². The van der Waals surface area contributed by atoms with E-state index in [4.69, 9.17) is 4.74 Å². The number of hydrogen-bond donors (Lipinski definition) is 0. The molecule has 1 heterocycles. The average molecular weight is 353 g/mol. The molecule has 2 rings (SSSR count). The number of rotatable bonds is 1. The SMILES string of the molecule is Cc1cc(C2=NCCCN2C(=O)OC(C)(C)C)ccc1Br. The van der Waals surface area contributed by atoms with E-state index in [2.05, 4.69) is 20.9 Å². The number of nitrogens with zero attached hydrogens (tertiary/aromatic N) is 2. The van der Waals surface area contributed by atoms with Crippen molar-refractivity contribution < 1.29 is 9.53 Å². The van der Waals surface area contributed by atoms with Crippen molar-refractivity contribution in [1.82, 2.24) is 4.90 Å². The molecule has 0 aliphatic carbocycles. The van der Waals surface area contributed by atoms with Crippen LogP contribution in [0.25, 0.3) is 0 Å². The molecule has 0 saturated carbocycles. The summed E-state index contributed by atoms with van der Waals surface area (Å²) in [6.07, 6.45) is 0.527. The number of carbonyl (C=O) groups is 1. The minimum atomic E-state index is -0.505. The normalized spacial score (nSPS) is 15.7. The molecule has 0 fully saturated rings. The van der Waals surface area contributed by atoms with E-state index in [9.17, 15) is 4.79 Å². The fraction of sp³-hybridized carbons (Fsp3) is 0.500. The summed E-state index contributed by atoms with van der Waals surface area (Å²) in [5, 5.41) is 0. The molecule has 0 atom stereocenters. The quantitative estimate of drug-likeness (QED) is 0.761. The zero-order valence-electron chi connectivity index (χ0n) is 12.9. The highest BCUT2D eigenvalue weighted by atomic mass is 79.9. The summed E-state index contributed by atoms with van der Waals surface area (Å²) in [4.78, 5) is 18.5. The van der Waals surface area contributed by atoms with Crippen molar-refractivity contribution in [3.63, 3.8) is 0 Å². The number of benzene rings is 1. The Morgan fingerprint density at radius 3 is 2.71 bits per heavy atom. The lowest BCUT2D eigenvalue weighted by Gasteiger charge is -2.30. The molecule has 1 aromatic carbocycles. The van der Waals surface area contributed by atoms with Crippen LogP contribution in [0.1, 0.15) is 38.3 Å². The second-order valence-electron chi connectivity index (χ2n) is 6.15. The predicted octanol–water partition coefficient (Wildman–Crippen LogP) is 4.14. The van der Waals surface area contributed by atoms with Gasteiger partial charge in [0.05, 0.1) is 0 Å². The van der Waals surface area contributed by atoms with Gasteiger partial charge in [0.25, 0.3) is 0 Å². The monoisotopic (exact) mass is 352 g/mol. The van der Waals surface area contributed by atoms with E-state index in [0.29, 0.717) is 12.4 Å². The maximum Gasteiger partial charge on any atom is 0.416 e. The summed E-state index contributed by atoms with van der Waals surface area (Å²) in [6, 6.07) is 5.99. The first-order chi connectivity index (χ1) is 9.78. The summed E-state index contributed by atoms with van der Waals surface area (Å²) in [6.45, 7) is 9.02. The average Bonchev–Trinajstić information content (AvgIpc) is 2.40. The van der Waals surface area contributed by atoms with Crippen molar-refractivity contribution in [2.24, 2.45) is 4.99 Å². The number of hydrogen-bond acceptors (Lipinski definition) is 3. The molecule has 0 aromatic heterocycles. The van der Waals surface area contributed by atoms with Crippen molar-refractivity contribution in [3.05, 3.63) is 33.8 Å². The van der Waals surface area contributed by atoms with Crippen LogP contribution < -0.4 is 0 Å². The predicted molar refractivity (Wildman–Crippen MR) is 87.8 cm³/mol. The van der Waals surface area contributed by atoms with E-state index in [1.54, 1.807) is 4.90 Å². The first-order valence-electron chi connectivity index (χ1n) is 7.09. The van der Waals surface area contributed by atoms with E-state index in [-0.39, 0.29) is 6.09 Å². The highest BCUT2D eigenvalue weighted by Gasteiger charge is 2.28. The van der Waals surface area contributed by atoms with E-state index in [1.165, 1.54) is 0 Å². The van der Waals surface area contributed by atoms with Gasteiger partial charge in [-0.2, -0.15) is 0 Å². The van der Waals surface area contributed by atoms with Crippen LogP contribution in [0.2, 0.25) is 0 Å². The highest BCUT2D eigenvalue weighted by molar-refractivity contribution is 9.10. The van der Waals surface area contributed by atoms with Gasteiger partial charge in [0.15, 0.2) is 0 Å². The number of amides is 1. The lowest BCUT2D eigenvalue weighted by Crippen LogP contribution is -2.44. The third-order valence-corrected chi connectivity index (χ3v) is 3.98. The van der Waals surface area contributed by atoms with E-state index in [1.807, 2.05) is 45.9 Å². The largest absolute Gasteiger partial charge is 0.443 e. The van der Waals surface area contributed by atoms with Crippen LogP contribution in [-0.4, -0.2) is 35.5 Å². The Morgan fingerprint density at radius 2 is 2.10 bits per heavy atom. The van der Waals surface area contributed by atoms with Crippen molar-refractivity contribution in [1.29, 1.82) is 0 Å². The summed E-state index contributed by atoms with van der Waals surface area (Å²) >= 11 is 3.49. The van der Waals surface area contributed by atoms with E-state index in [0.717, 1.165) is 28.6 Å². The Morgan fingerprint density at radius 1 is 1.38 bits per heavy atom. The third-order valence-electron chi connectivity index (χ3n) is 3.09. The molecule has 0 unspecified atom stereocenters. The minimum Gasteiger partial charge on any atom is -0.443 e. The standard InChI is InChI=1S/C16H21BrN2O2/c1-11-10-12(6-7-13(11)17)14-18-8-5-9-19(14)15(20)21-16(2,3)4/h6-7,10H,5,8-9H2,1-4H3. The van der Waals surface area contributed by atoms with Crippen molar-refractivity contribution in [3.8, 4) is 0 Å². The molecule has 4 nitrogen and oxygen atoms in total. The van der Waals surface area contributed by atoms with E-state index >= 15 is 0 Å². The number of carbonyl (C=O) groups excluding carboxylic acids is 1. The maximum absolute atomic E-state index is 12.4. The molecule has 1 aliphatic rings. The van der Waals surface area contributed by atoms with Gasteiger partial charge >= 0.3 is 6.09 Å². The number of aliphatic imine (C=N–C) groups is 1. The smallest absolute Gasteiger partial charge is 0.416 e. The number of ether oxygens (including phenoxy) is 1. The topological polar surface area (TPSA) is 41.9 Å². The van der Waals surface area contributed by atoms with E-state index < -0.39 is 5.60 Å². The van der Waals surface area contributed by atoms with Crippen LogP contribution >= 0.6 is 15.9 Å². The highest BCUT2D eigenvalue weighted by Crippen LogP contribution is 2.21. The molecule has 114 valence electrons. The van der Waals surface area contributed by atoms with Crippen LogP contribution in [0, 0.1) is 6.92 Å². The van der Waals surface area contributed by atoms with Gasteiger partial charge in [-0.15, -0.1) is 0 Å². The fourth-order valence-corrected chi connectivity index (χ4v) is 2.38. The van der Waals surface area contributed by atoms with Crippen LogP contribution in [0.4, 0.5) is 4.79 Å². The molecule has 1 amide bonds. The molecule has 5 heteroatoms. The number of aryl methyl sites for hydroxylation is 1. The zero-order valence-corrected chi connectivity index (χ0v) is 14.5. The van der Waals surface area contributed by atoms with Gasteiger partial charge in [0, 0.05) is 23.1 Å². The second-order valence-corrected chi connectivity index (χ2v) is 7.01. The van der Waals surface area contributed by atoms with Gasteiger partial charge in [0.1, 0.15) is 11.4 Å². The summed E-state index contributed by atoms with van der Waals surface area (Å²) < 4.78 is 6.53. The maximum atomic E-state index is 12.4. The third kappa shape index (κ3) is 4.06. The molecule has 0 bridgehead atoms. The summed E-state index contributed by atoms with van der Waals surface area (Å²) in [5.41, 5.74) is 1.56. The van der Waals surface area contributed by atoms with Crippen LogP contribution in [0.3, 0.4) is 0 Å². The molecule has 1 aromatic rings. The Hall–Kier alpha value is -1.36. The molecule has 0 spiro atoms. The number of halogens is 1. The summed E-state index contributed by atoms with van der Waals surface area (Å²) in [5.74, 6) is 0.700. The van der Waals surface area contributed by atoms with Gasteiger partial charge in [-0.05, 0) is 51.8 Å². The van der Waals surface area contributed by atoms with Crippen molar-refractivity contribution in [2.75, 3.05) is 13.1 Å². The second kappa shape index (κ2) is 6.18. The Balaban J connectivity index is 2.29. The first-order valence-corrected chi connectivity index (χ1v) is 7.89. The van der Waals surface area contributed by atoms with Gasteiger partial charge in [-0.3, -0.25) is 9.89 Å². The molecule has 0 N–H and O–H groups in total. The molecule has 0 saturated heterocycles.